The van der Waals surface area contributed by atoms with Gasteiger partial charge in [0.1, 0.15) is 17.4 Å². The predicted octanol–water partition coefficient (Wildman–Crippen LogP) is 1.90. The molecule has 0 fully saturated rings. The van der Waals surface area contributed by atoms with Gasteiger partial charge in [0.25, 0.3) is 0 Å². The standard InChI is InChI=1S/C14H18N4O2/c1-2-18(8-6-13(15)17-20)14-12-9-11(19)4-3-10(12)5-7-16-14/h3-5,7,9,19-20H,2,6,8H2,1H3,(H2,15,17). The maximum atomic E-state index is 9.65. The fourth-order valence-electron chi connectivity index (χ4n) is 2.11. The van der Waals surface area contributed by atoms with Gasteiger partial charge in [-0.1, -0.05) is 11.2 Å². The molecule has 0 unspecified atom stereocenters. The number of rotatable bonds is 5. The van der Waals surface area contributed by atoms with Crippen LogP contribution in [0.5, 0.6) is 5.75 Å². The second kappa shape index (κ2) is 6.10. The minimum atomic E-state index is 0.187. The van der Waals surface area contributed by atoms with Gasteiger partial charge < -0.3 is 20.9 Å². The zero-order valence-electron chi connectivity index (χ0n) is 11.3. The molecule has 0 aliphatic rings. The normalized spacial score (nSPS) is 11.8. The minimum Gasteiger partial charge on any atom is -0.508 e. The van der Waals surface area contributed by atoms with Crippen molar-refractivity contribution >= 4 is 22.4 Å². The summed E-state index contributed by atoms with van der Waals surface area (Å²) in [7, 11) is 0. The van der Waals surface area contributed by atoms with Crippen molar-refractivity contribution in [2.45, 2.75) is 13.3 Å². The first-order valence-corrected chi connectivity index (χ1v) is 6.44. The van der Waals surface area contributed by atoms with E-state index in [0.717, 1.165) is 23.1 Å². The Balaban J connectivity index is 2.36. The molecule has 0 amide bonds. The predicted molar refractivity (Wildman–Crippen MR) is 79.3 cm³/mol. The van der Waals surface area contributed by atoms with Crippen molar-refractivity contribution in [3.63, 3.8) is 0 Å². The molecule has 0 radical (unpaired) electrons. The largest absolute Gasteiger partial charge is 0.508 e. The number of phenols is 1. The highest BCUT2D eigenvalue weighted by Crippen LogP contribution is 2.27. The molecule has 1 aromatic heterocycles. The van der Waals surface area contributed by atoms with Crippen molar-refractivity contribution in [3.8, 4) is 5.75 Å². The van der Waals surface area contributed by atoms with Crippen LogP contribution in [0.15, 0.2) is 35.6 Å². The summed E-state index contributed by atoms with van der Waals surface area (Å²) in [6, 6.07) is 7.10. The highest BCUT2D eigenvalue weighted by molar-refractivity contribution is 5.93. The smallest absolute Gasteiger partial charge is 0.140 e. The van der Waals surface area contributed by atoms with E-state index in [4.69, 9.17) is 10.9 Å². The van der Waals surface area contributed by atoms with Gasteiger partial charge in [0.05, 0.1) is 0 Å². The fraction of sp³-hybridized carbons (Fsp3) is 0.286. The number of hydrogen-bond donors (Lipinski definition) is 3. The molecule has 0 aliphatic carbocycles. The molecule has 106 valence electrons. The minimum absolute atomic E-state index is 0.187. The summed E-state index contributed by atoms with van der Waals surface area (Å²) in [6.07, 6.45) is 2.18. The molecule has 6 heteroatoms. The average molecular weight is 274 g/mol. The highest BCUT2D eigenvalue weighted by Gasteiger charge is 2.11. The van der Waals surface area contributed by atoms with Gasteiger partial charge in [0.2, 0.25) is 0 Å². The number of oxime groups is 1. The van der Waals surface area contributed by atoms with E-state index in [1.165, 1.54) is 0 Å². The maximum absolute atomic E-state index is 9.65. The molecular weight excluding hydrogens is 256 g/mol. The van der Waals surface area contributed by atoms with Crippen LogP contribution in [-0.2, 0) is 0 Å². The Hall–Kier alpha value is -2.50. The Morgan fingerprint density at radius 2 is 2.20 bits per heavy atom. The molecule has 1 heterocycles. The molecule has 20 heavy (non-hydrogen) atoms. The van der Waals surface area contributed by atoms with Crippen molar-refractivity contribution in [2.24, 2.45) is 10.9 Å². The van der Waals surface area contributed by atoms with Crippen LogP contribution in [0.25, 0.3) is 10.8 Å². The van der Waals surface area contributed by atoms with Crippen LogP contribution in [0.2, 0.25) is 0 Å². The van der Waals surface area contributed by atoms with Crippen molar-refractivity contribution < 1.29 is 10.3 Å². The number of hydrogen-bond acceptors (Lipinski definition) is 5. The molecule has 0 saturated heterocycles. The number of aromatic hydroxyl groups is 1. The van der Waals surface area contributed by atoms with Gasteiger partial charge in [-0.05, 0) is 30.5 Å². The quantitative estimate of drug-likeness (QED) is 0.335. The molecular formula is C14H18N4O2. The van der Waals surface area contributed by atoms with E-state index in [1.807, 2.05) is 24.0 Å². The molecule has 1 aromatic carbocycles. The third-order valence-electron chi connectivity index (χ3n) is 3.18. The summed E-state index contributed by atoms with van der Waals surface area (Å²) >= 11 is 0. The Morgan fingerprint density at radius 3 is 2.90 bits per heavy atom. The van der Waals surface area contributed by atoms with Gasteiger partial charge in [-0.3, -0.25) is 0 Å². The van der Waals surface area contributed by atoms with Crippen LogP contribution >= 0.6 is 0 Å². The first-order chi connectivity index (χ1) is 9.65. The third kappa shape index (κ3) is 2.90. The Morgan fingerprint density at radius 1 is 1.40 bits per heavy atom. The van der Waals surface area contributed by atoms with E-state index in [-0.39, 0.29) is 11.6 Å². The van der Waals surface area contributed by atoms with Gasteiger partial charge in [-0.15, -0.1) is 0 Å². The number of fused-ring (bicyclic) bond motifs is 1. The second-order valence-corrected chi connectivity index (χ2v) is 4.46. The van der Waals surface area contributed by atoms with Crippen molar-refractivity contribution in [1.29, 1.82) is 0 Å². The number of anilines is 1. The maximum Gasteiger partial charge on any atom is 0.140 e. The lowest BCUT2D eigenvalue weighted by atomic mass is 10.1. The SMILES string of the molecule is CCN(CC/C(N)=N/O)c1nccc2ccc(O)cc12. The molecule has 0 saturated carbocycles. The summed E-state index contributed by atoms with van der Waals surface area (Å²) in [4.78, 5) is 6.42. The summed E-state index contributed by atoms with van der Waals surface area (Å²) < 4.78 is 0. The number of benzene rings is 1. The molecule has 0 aliphatic heterocycles. The number of amidine groups is 1. The number of phenolic OH excluding ortho intramolecular Hbond substituents is 1. The lowest BCUT2D eigenvalue weighted by Gasteiger charge is -2.23. The van der Waals surface area contributed by atoms with Gasteiger partial charge >= 0.3 is 0 Å². The van der Waals surface area contributed by atoms with Gasteiger partial charge in [-0.25, -0.2) is 4.98 Å². The van der Waals surface area contributed by atoms with Crippen LogP contribution in [0.3, 0.4) is 0 Å². The van der Waals surface area contributed by atoms with Gasteiger partial charge in [-0.2, -0.15) is 0 Å². The number of nitrogens with zero attached hydrogens (tertiary/aromatic N) is 3. The lowest BCUT2D eigenvalue weighted by Crippen LogP contribution is -2.28. The molecule has 0 bridgehead atoms. The Bertz CT molecular complexity index is 628. The Labute approximate surface area is 117 Å². The van der Waals surface area contributed by atoms with E-state index in [0.29, 0.717) is 13.0 Å². The summed E-state index contributed by atoms with van der Waals surface area (Å²) in [5.41, 5.74) is 5.50. The van der Waals surface area contributed by atoms with Crippen molar-refractivity contribution in [2.75, 3.05) is 18.0 Å². The molecule has 0 spiro atoms. The summed E-state index contributed by atoms with van der Waals surface area (Å²) in [5, 5.41) is 23.1. The Kier molecular flexibility index (Phi) is 4.24. The zero-order valence-corrected chi connectivity index (χ0v) is 11.3. The average Bonchev–Trinajstić information content (AvgIpc) is 2.47. The topological polar surface area (TPSA) is 95.0 Å². The molecule has 4 N–H and O–H groups in total. The van der Waals surface area contributed by atoms with Gasteiger partial charge in [0.15, 0.2) is 0 Å². The second-order valence-electron chi connectivity index (χ2n) is 4.46. The van der Waals surface area contributed by atoms with E-state index < -0.39 is 0 Å². The first kappa shape index (κ1) is 13.9. The molecule has 2 rings (SSSR count). The third-order valence-corrected chi connectivity index (χ3v) is 3.18. The van der Waals surface area contributed by atoms with E-state index >= 15 is 0 Å². The van der Waals surface area contributed by atoms with E-state index in [2.05, 4.69) is 10.1 Å². The summed E-state index contributed by atoms with van der Waals surface area (Å²) in [5.74, 6) is 1.18. The van der Waals surface area contributed by atoms with Crippen LogP contribution in [-0.4, -0.2) is 34.2 Å². The summed E-state index contributed by atoms with van der Waals surface area (Å²) in [6.45, 7) is 3.34. The monoisotopic (exact) mass is 274 g/mol. The molecule has 6 nitrogen and oxygen atoms in total. The number of nitrogens with two attached hydrogens (primary N) is 1. The fourth-order valence-corrected chi connectivity index (χ4v) is 2.11. The lowest BCUT2D eigenvalue weighted by molar-refractivity contribution is 0.317. The number of aromatic nitrogens is 1. The highest BCUT2D eigenvalue weighted by atomic mass is 16.4. The van der Waals surface area contributed by atoms with Crippen molar-refractivity contribution in [3.05, 3.63) is 30.5 Å². The first-order valence-electron chi connectivity index (χ1n) is 6.44. The van der Waals surface area contributed by atoms with Gasteiger partial charge in [0, 0.05) is 31.1 Å². The number of pyridine rings is 1. The van der Waals surface area contributed by atoms with E-state index in [9.17, 15) is 5.11 Å². The van der Waals surface area contributed by atoms with E-state index in [1.54, 1.807) is 18.3 Å². The van der Waals surface area contributed by atoms with Crippen LogP contribution in [0, 0.1) is 0 Å². The molecule has 2 aromatic rings. The van der Waals surface area contributed by atoms with Crippen molar-refractivity contribution in [1.82, 2.24) is 4.98 Å². The zero-order chi connectivity index (χ0) is 14.5. The molecule has 0 atom stereocenters. The van der Waals surface area contributed by atoms with Crippen LogP contribution in [0.1, 0.15) is 13.3 Å². The van der Waals surface area contributed by atoms with Crippen LogP contribution < -0.4 is 10.6 Å². The van der Waals surface area contributed by atoms with Crippen LogP contribution in [0.4, 0.5) is 5.82 Å².